The highest BCUT2D eigenvalue weighted by atomic mass is 16.5. The van der Waals surface area contributed by atoms with Crippen molar-refractivity contribution in [3.05, 3.63) is 60.2 Å². The molecule has 2 aromatic heterocycles. The number of pyridine rings is 1. The number of rotatable bonds is 12. The second-order valence-electron chi connectivity index (χ2n) is 9.62. The van der Waals surface area contributed by atoms with Crippen molar-refractivity contribution in [2.45, 2.75) is 51.0 Å². The predicted molar refractivity (Wildman–Crippen MR) is 134 cm³/mol. The van der Waals surface area contributed by atoms with Gasteiger partial charge in [0, 0.05) is 31.0 Å². The summed E-state index contributed by atoms with van der Waals surface area (Å²) in [5, 5.41) is 21.5. The molecular weight excluding hydrogens is 444 g/mol. The number of carbonyl (C=O) groups is 1. The lowest BCUT2D eigenvalue weighted by molar-refractivity contribution is -0.139. The van der Waals surface area contributed by atoms with Crippen LogP contribution in [0.25, 0.3) is 10.9 Å². The van der Waals surface area contributed by atoms with Gasteiger partial charge in [-0.3, -0.25) is 9.78 Å². The summed E-state index contributed by atoms with van der Waals surface area (Å²) in [5.74, 6) is 1.41. The van der Waals surface area contributed by atoms with Gasteiger partial charge in [-0.05, 0) is 99.0 Å². The van der Waals surface area contributed by atoms with Crippen LogP contribution in [0.15, 0.2) is 53.3 Å². The van der Waals surface area contributed by atoms with E-state index < -0.39 is 12.1 Å². The van der Waals surface area contributed by atoms with Crippen molar-refractivity contribution in [1.29, 1.82) is 0 Å². The van der Waals surface area contributed by atoms with E-state index in [9.17, 15) is 15.0 Å². The van der Waals surface area contributed by atoms with Crippen molar-refractivity contribution in [2.24, 2.45) is 11.8 Å². The molecule has 1 saturated heterocycles. The first-order chi connectivity index (χ1) is 17.0. The average Bonchev–Trinajstić information content (AvgIpc) is 3.38. The van der Waals surface area contributed by atoms with Crippen LogP contribution < -0.4 is 4.74 Å². The van der Waals surface area contributed by atoms with Crippen molar-refractivity contribution in [3.63, 3.8) is 0 Å². The van der Waals surface area contributed by atoms with Crippen LogP contribution in [0.4, 0.5) is 0 Å². The van der Waals surface area contributed by atoms with Crippen molar-refractivity contribution in [3.8, 4) is 5.75 Å². The third-order valence-electron chi connectivity index (χ3n) is 7.29. The SMILES string of the molecule is COc1ccc2nccc([C@@H](O)CC[C@@H]3CCN(CCCCc4ccco4)C[C@@H]3CC(=O)O)c2c1. The summed E-state index contributed by atoms with van der Waals surface area (Å²) in [5.41, 5.74) is 1.67. The number of nitrogens with zero attached hydrogens (tertiary/aromatic N) is 2. The number of carboxylic acid groups (broad SMARTS) is 1. The number of carboxylic acids is 1. The summed E-state index contributed by atoms with van der Waals surface area (Å²) in [6.45, 7) is 2.77. The molecule has 1 aliphatic rings. The van der Waals surface area contributed by atoms with E-state index in [0.29, 0.717) is 12.3 Å². The molecule has 3 atom stereocenters. The number of furan rings is 1. The predicted octanol–water partition coefficient (Wildman–Crippen LogP) is 5.09. The van der Waals surface area contributed by atoms with E-state index in [1.807, 2.05) is 36.4 Å². The van der Waals surface area contributed by atoms with Gasteiger partial charge in [-0.2, -0.15) is 0 Å². The Labute approximate surface area is 206 Å². The maximum Gasteiger partial charge on any atom is 0.303 e. The highest BCUT2D eigenvalue weighted by Gasteiger charge is 2.31. The zero-order valence-corrected chi connectivity index (χ0v) is 20.4. The first-order valence-electron chi connectivity index (χ1n) is 12.6. The molecule has 1 fully saturated rings. The van der Waals surface area contributed by atoms with Gasteiger partial charge in [0.15, 0.2) is 0 Å². The number of aliphatic carboxylic acids is 1. The van der Waals surface area contributed by atoms with E-state index >= 15 is 0 Å². The van der Waals surface area contributed by atoms with E-state index in [0.717, 1.165) is 79.7 Å². The van der Waals surface area contributed by atoms with Gasteiger partial charge in [0.05, 0.1) is 25.0 Å². The van der Waals surface area contributed by atoms with Crippen molar-refractivity contribution in [2.75, 3.05) is 26.7 Å². The molecule has 4 rings (SSSR count). The summed E-state index contributed by atoms with van der Waals surface area (Å²) in [6, 6.07) is 11.5. The fourth-order valence-electron chi connectivity index (χ4n) is 5.38. The van der Waals surface area contributed by atoms with Gasteiger partial charge in [0.2, 0.25) is 0 Å². The molecule has 7 heteroatoms. The number of benzene rings is 1. The van der Waals surface area contributed by atoms with E-state index in [1.54, 1.807) is 19.6 Å². The summed E-state index contributed by atoms with van der Waals surface area (Å²) < 4.78 is 10.8. The third-order valence-corrected chi connectivity index (χ3v) is 7.29. The topological polar surface area (TPSA) is 96.0 Å². The number of hydrogen-bond acceptors (Lipinski definition) is 6. The lowest BCUT2D eigenvalue weighted by atomic mass is 9.79. The molecule has 1 aromatic carbocycles. The zero-order valence-electron chi connectivity index (χ0n) is 20.4. The molecule has 0 aliphatic carbocycles. The Kier molecular flexibility index (Phi) is 8.77. The quantitative estimate of drug-likeness (QED) is 0.349. The maximum absolute atomic E-state index is 11.6. The monoisotopic (exact) mass is 480 g/mol. The van der Waals surface area contributed by atoms with Crippen LogP contribution in [0.3, 0.4) is 0 Å². The van der Waals surface area contributed by atoms with Crippen LogP contribution in [0.2, 0.25) is 0 Å². The molecule has 1 aliphatic heterocycles. The Hall–Kier alpha value is -2.90. The van der Waals surface area contributed by atoms with Crippen LogP contribution in [0, 0.1) is 11.8 Å². The fourth-order valence-corrected chi connectivity index (χ4v) is 5.38. The van der Waals surface area contributed by atoms with Gasteiger partial charge in [0.1, 0.15) is 11.5 Å². The number of likely N-dealkylation sites (tertiary alicyclic amines) is 1. The van der Waals surface area contributed by atoms with Gasteiger partial charge in [-0.15, -0.1) is 0 Å². The average molecular weight is 481 g/mol. The minimum absolute atomic E-state index is 0.104. The van der Waals surface area contributed by atoms with Crippen LogP contribution in [-0.2, 0) is 11.2 Å². The number of aliphatic hydroxyl groups excluding tert-OH is 1. The molecule has 3 aromatic rings. The molecule has 0 spiro atoms. The number of methoxy groups -OCH3 is 1. The normalized spacial score (nSPS) is 19.6. The Morgan fingerprint density at radius 1 is 1.26 bits per heavy atom. The minimum Gasteiger partial charge on any atom is -0.497 e. The van der Waals surface area contributed by atoms with Crippen molar-refractivity contribution >= 4 is 16.9 Å². The number of ether oxygens (including phenoxy) is 1. The van der Waals surface area contributed by atoms with Gasteiger partial charge >= 0.3 is 5.97 Å². The van der Waals surface area contributed by atoms with Gasteiger partial charge in [-0.1, -0.05) is 0 Å². The van der Waals surface area contributed by atoms with E-state index in [1.165, 1.54) is 0 Å². The smallest absolute Gasteiger partial charge is 0.303 e. The molecule has 2 N–H and O–H groups in total. The molecule has 0 amide bonds. The number of aliphatic hydroxyl groups is 1. The second-order valence-corrected chi connectivity index (χ2v) is 9.62. The van der Waals surface area contributed by atoms with Crippen LogP contribution in [0.1, 0.15) is 56.0 Å². The van der Waals surface area contributed by atoms with Crippen LogP contribution in [-0.4, -0.2) is 52.8 Å². The van der Waals surface area contributed by atoms with Crippen LogP contribution in [0.5, 0.6) is 5.75 Å². The third kappa shape index (κ3) is 6.83. The fraction of sp³-hybridized carbons (Fsp3) is 0.500. The lowest BCUT2D eigenvalue weighted by Crippen LogP contribution is -2.41. The Morgan fingerprint density at radius 2 is 2.14 bits per heavy atom. The highest BCUT2D eigenvalue weighted by Crippen LogP contribution is 2.34. The van der Waals surface area contributed by atoms with Crippen LogP contribution >= 0.6 is 0 Å². The highest BCUT2D eigenvalue weighted by molar-refractivity contribution is 5.83. The summed E-state index contributed by atoms with van der Waals surface area (Å²) in [4.78, 5) is 18.4. The number of fused-ring (bicyclic) bond motifs is 1. The molecule has 188 valence electrons. The first kappa shape index (κ1) is 25.2. The number of unbranched alkanes of at least 4 members (excludes halogenated alkanes) is 1. The summed E-state index contributed by atoms with van der Waals surface area (Å²) in [7, 11) is 1.63. The Balaban J connectivity index is 1.32. The number of piperidine rings is 1. The number of hydrogen-bond donors (Lipinski definition) is 2. The largest absolute Gasteiger partial charge is 0.497 e. The summed E-state index contributed by atoms with van der Waals surface area (Å²) in [6.07, 6.45) is 8.43. The molecule has 0 unspecified atom stereocenters. The van der Waals surface area contributed by atoms with Gasteiger partial charge < -0.3 is 24.3 Å². The van der Waals surface area contributed by atoms with Gasteiger partial charge in [0.25, 0.3) is 0 Å². The number of aromatic nitrogens is 1. The minimum atomic E-state index is -0.743. The van der Waals surface area contributed by atoms with E-state index in [2.05, 4.69) is 9.88 Å². The van der Waals surface area contributed by atoms with Gasteiger partial charge in [-0.25, -0.2) is 0 Å². The molecule has 7 nitrogen and oxygen atoms in total. The lowest BCUT2D eigenvalue weighted by Gasteiger charge is -2.38. The first-order valence-corrected chi connectivity index (χ1v) is 12.6. The van der Waals surface area contributed by atoms with E-state index in [-0.39, 0.29) is 12.3 Å². The zero-order chi connectivity index (χ0) is 24.6. The molecular formula is C28H36N2O5. The van der Waals surface area contributed by atoms with Crippen molar-refractivity contribution < 1.29 is 24.2 Å². The Morgan fingerprint density at radius 3 is 2.91 bits per heavy atom. The molecule has 0 radical (unpaired) electrons. The molecule has 0 bridgehead atoms. The molecule has 35 heavy (non-hydrogen) atoms. The number of aryl methyl sites for hydroxylation is 1. The van der Waals surface area contributed by atoms with E-state index in [4.69, 9.17) is 9.15 Å². The Bertz CT molecular complexity index is 1080. The molecule has 0 saturated carbocycles. The maximum atomic E-state index is 11.6. The van der Waals surface area contributed by atoms with Crippen molar-refractivity contribution in [1.82, 2.24) is 9.88 Å². The summed E-state index contributed by atoms with van der Waals surface area (Å²) >= 11 is 0. The molecule has 3 heterocycles. The second kappa shape index (κ2) is 12.2. The standard InChI is InChI=1S/C28H36N2O5/c1-34-23-8-9-26-25(18-23)24(11-13-29-26)27(31)10-7-20-12-15-30(19-21(20)17-28(32)33)14-3-2-5-22-6-4-16-35-22/h4,6,8-9,11,13,16,18,20-21,27,31H,2-3,5,7,10,12,14-15,17,19H2,1H3,(H,32,33)/t20-,21+,27+/m1/s1.